The molecule has 2 aromatic heterocycles. The molecule has 3 rings (SSSR count). The number of nitrogens with zero attached hydrogens (tertiary/aromatic N) is 3. The third kappa shape index (κ3) is 2.80. The van der Waals surface area contributed by atoms with Gasteiger partial charge in [-0.2, -0.15) is 0 Å². The maximum absolute atomic E-state index is 12.3. The van der Waals surface area contributed by atoms with Crippen LogP contribution in [0, 0.1) is 6.92 Å². The average molecular weight is 289 g/mol. The van der Waals surface area contributed by atoms with Gasteiger partial charge in [0.05, 0.1) is 11.6 Å². The van der Waals surface area contributed by atoms with Gasteiger partial charge >= 0.3 is 0 Å². The molecule has 6 heteroatoms. The van der Waals surface area contributed by atoms with E-state index in [1.807, 2.05) is 24.4 Å². The molecule has 0 unspecified atom stereocenters. The van der Waals surface area contributed by atoms with E-state index in [0.29, 0.717) is 18.8 Å². The first-order valence-corrected chi connectivity index (χ1v) is 7.38. The molecule has 1 saturated heterocycles. The standard InChI is InChI=1S/C14H15N3O2S/c1-10-16-13(9-20-10)14(18)17-7-4-12(8-17)19-11-2-5-15-6-3-11/h2-3,5-6,9,12H,4,7-8H2,1H3/t12-/m0/s1. The molecule has 0 radical (unpaired) electrons. The molecule has 2 aromatic rings. The second-order valence-corrected chi connectivity index (χ2v) is 5.78. The number of rotatable bonds is 3. The van der Waals surface area contributed by atoms with Gasteiger partial charge in [-0.1, -0.05) is 0 Å². The van der Waals surface area contributed by atoms with Crippen molar-refractivity contribution in [3.63, 3.8) is 0 Å². The maximum atomic E-state index is 12.3. The van der Waals surface area contributed by atoms with Crippen molar-refractivity contribution in [2.45, 2.75) is 19.4 Å². The molecule has 0 N–H and O–H groups in total. The fraction of sp³-hybridized carbons (Fsp3) is 0.357. The number of likely N-dealkylation sites (tertiary alicyclic amines) is 1. The van der Waals surface area contributed by atoms with E-state index >= 15 is 0 Å². The molecule has 1 aliphatic heterocycles. The first-order chi connectivity index (χ1) is 9.72. The van der Waals surface area contributed by atoms with Crippen molar-refractivity contribution in [1.29, 1.82) is 0 Å². The van der Waals surface area contributed by atoms with Crippen LogP contribution in [0.4, 0.5) is 0 Å². The van der Waals surface area contributed by atoms with Gasteiger partial charge in [-0.15, -0.1) is 11.3 Å². The van der Waals surface area contributed by atoms with Crippen LogP contribution in [0.15, 0.2) is 29.9 Å². The summed E-state index contributed by atoms with van der Waals surface area (Å²) in [4.78, 5) is 22.3. The van der Waals surface area contributed by atoms with Crippen molar-refractivity contribution in [1.82, 2.24) is 14.9 Å². The molecular weight excluding hydrogens is 274 g/mol. The zero-order valence-corrected chi connectivity index (χ0v) is 12.0. The molecular formula is C14H15N3O2S. The van der Waals surface area contributed by atoms with Crippen molar-refractivity contribution in [2.24, 2.45) is 0 Å². The Hall–Kier alpha value is -1.95. The van der Waals surface area contributed by atoms with Crippen LogP contribution in [0.5, 0.6) is 5.75 Å². The first-order valence-electron chi connectivity index (χ1n) is 6.50. The van der Waals surface area contributed by atoms with Crippen LogP contribution in [0.25, 0.3) is 0 Å². The van der Waals surface area contributed by atoms with Gasteiger partial charge in [0.1, 0.15) is 17.5 Å². The monoisotopic (exact) mass is 289 g/mol. The third-order valence-electron chi connectivity index (χ3n) is 3.22. The predicted molar refractivity (Wildman–Crippen MR) is 76.0 cm³/mol. The highest BCUT2D eigenvalue weighted by Gasteiger charge is 2.29. The highest BCUT2D eigenvalue weighted by Crippen LogP contribution is 2.19. The van der Waals surface area contributed by atoms with E-state index in [4.69, 9.17) is 4.74 Å². The lowest BCUT2D eigenvalue weighted by atomic mass is 10.3. The smallest absolute Gasteiger partial charge is 0.273 e. The highest BCUT2D eigenvalue weighted by atomic mass is 32.1. The molecule has 0 spiro atoms. The van der Waals surface area contributed by atoms with Crippen molar-refractivity contribution in [3.05, 3.63) is 40.6 Å². The summed E-state index contributed by atoms with van der Waals surface area (Å²) >= 11 is 1.50. The van der Waals surface area contributed by atoms with E-state index in [9.17, 15) is 4.79 Å². The number of aromatic nitrogens is 2. The summed E-state index contributed by atoms with van der Waals surface area (Å²) in [6, 6.07) is 3.66. The van der Waals surface area contributed by atoms with Gasteiger partial charge in [-0.3, -0.25) is 9.78 Å². The Morgan fingerprint density at radius 3 is 2.95 bits per heavy atom. The maximum Gasteiger partial charge on any atom is 0.273 e. The van der Waals surface area contributed by atoms with E-state index in [1.54, 1.807) is 17.3 Å². The second-order valence-electron chi connectivity index (χ2n) is 4.71. The highest BCUT2D eigenvalue weighted by molar-refractivity contribution is 7.09. The Bertz CT molecular complexity index is 599. The lowest BCUT2D eigenvalue weighted by molar-refractivity contribution is 0.0767. The molecule has 1 fully saturated rings. The summed E-state index contributed by atoms with van der Waals surface area (Å²) in [5, 5.41) is 2.73. The largest absolute Gasteiger partial charge is 0.488 e. The number of hydrogen-bond donors (Lipinski definition) is 0. The zero-order chi connectivity index (χ0) is 13.9. The molecule has 104 valence electrons. The van der Waals surface area contributed by atoms with Crippen LogP contribution in [-0.2, 0) is 0 Å². The summed E-state index contributed by atoms with van der Waals surface area (Å²) in [6.45, 7) is 3.23. The number of thiazole rings is 1. The Morgan fingerprint density at radius 1 is 1.45 bits per heavy atom. The van der Waals surface area contributed by atoms with Crippen LogP contribution >= 0.6 is 11.3 Å². The van der Waals surface area contributed by atoms with Gasteiger partial charge in [0.25, 0.3) is 5.91 Å². The van der Waals surface area contributed by atoms with Gasteiger partial charge in [0.15, 0.2) is 0 Å². The lowest BCUT2D eigenvalue weighted by Gasteiger charge is -2.16. The van der Waals surface area contributed by atoms with Crippen molar-refractivity contribution >= 4 is 17.2 Å². The number of ether oxygens (including phenoxy) is 1. The van der Waals surface area contributed by atoms with Gasteiger partial charge in [-0.25, -0.2) is 4.98 Å². The number of carbonyl (C=O) groups is 1. The zero-order valence-electron chi connectivity index (χ0n) is 11.2. The molecule has 3 heterocycles. The van der Waals surface area contributed by atoms with E-state index in [2.05, 4.69) is 9.97 Å². The first kappa shape index (κ1) is 13.1. The minimum atomic E-state index is -0.00446. The lowest BCUT2D eigenvalue weighted by Crippen LogP contribution is -2.31. The Balaban J connectivity index is 1.61. The minimum absolute atomic E-state index is 0.00446. The SMILES string of the molecule is Cc1nc(C(=O)N2CC[C@H](Oc3ccncc3)C2)cs1. The molecule has 0 saturated carbocycles. The second kappa shape index (κ2) is 5.58. The van der Waals surface area contributed by atoms with E-state index in [-0.39, 0.29) is 12.0 Å². The molecule has 1 amide bonds. The van der Waals surface area contributed by atoms with Gasteiger partial charge in [0, 0.05) is 30.7 Å². The van der Waals surface area contributed by atoms with Crippen molar-refractivity contribution in [3.8, 4) is 5.75 Å². The van der Waals surface area contributed by atoms with Crippen LogP contribution in [0.3, 0.4) is 0 Å². The van der Waals surface area contributed by atoms with Crippen LogP contribution in [0.1, 0.15) is 21.9 Å². The molecule has 20 heavy (non-hydrogen) atoms. The summed E-state index contributed by atoms with van der Waals surface area (Å²) in [6.07, 6.45) is 4.29. The topological polar surface area (TPSA) is 55.3 Å². The molecule has 5 nitrogen and oxygen atoms in total. The molecule has 0 aromatic carbocycles. The Labute approximate surface area is 121 Å². The molecule has 0 bridgehead atoms. The predicted octanol–water partition coefficient (Wildman–Crippen LogP) is 2.14. The number of carbonyl (C=O) groups excluding carboxylic acids is 1. The number of pyridine rings is 1. The Morgan fingerprint density at radius 2 is 2.25 bits per heavy atom. The normalized spacial score (nSPS) is 18.2. The Kier molecular flexibility index (Phi) is 3.64. The van der Waals surface area contributed by atoms with E-state index in [1.165, 1.54) is 11.3 Å². The summed E-state index contributed by atoms with van der Waals surface area (Å²) in [7, 11) is 0. The van der Waals surface area contributed by atoms with E-state index < -0.39 is 0 Å². The van der Waals surface area contributed by atoms with Crippen LogP contribution < -0.4 is 4.74 Å². The van der Waals surface area contributed by atoms with Crippen molar-refractivity contribution < 1.29 is 9.53 Å². The average Bonchev–Trinajstić information content (AvgIpc) is 3.08. The van der Waals surface area contributed by atoms with Crippen LogP contribution in [0.2, 0.25) is 0 Å². The molecule has 1 aliphatic rings. The van der Waals surface area contributed by atoms with Gasteiger partial charge < -0.3 is 9.64 Å². The summed E-state index contributed by atoms with van der Waals surface area (Å²) in [5.74, 6) is 0.791. The third-order valence-corrected chi connectivity index (χ3v) is 4.00. The fourth-order valence-corrected chi connectivity index (χ4v) is 2.83. The number of hydrogen-bond acceptors (Lipinski definition) is 5. The number of amides is 1. The van der Waals surface area contributed by atoms with Gasteiger partial charge in [-0.05, 0) is 19.1 Å². The summed E-state index contributed by atoms with van der Waals surface area (Å²) in [5.41, 5.74) is 0.539. The number of aryl methyl sites for hydroxylation is 1. The fourth-order valence-electron chi connectivity index (χ4n) is 2.24. The van der Waals surface area contributed by atoms with E-state index in [0.717, 1.165) is 17.2 Å². The minimum Gasteiger partial charge on any atom is -0.488 e. The summed E-state index contributed by atoms with van der Waals surface area (Å²) < 4.78 is 5.85. The molecule has 0 aliphatic carbocycles. The quantitative estimate of drug-likeness (QED) is 0.868. The van der Waals surface area contributed by atoms with Gasteiger partial charge in [0.2, 0.25) is 0 Å². The van der Waals surface area contributed by atoms with Crippen molar-refractivity contribution in [2.75, 3.05) is 13.1 Å². The van der Waals surface area contributed by atoms with Crippen LogP contribution in [-0.4, -0.2) is 40.0 Å². The molecule has 1 atom stereocenters.